The molecule has 0 saturated heterocycles. The van der Waals surface area contributed by atoms with Gasteiger partial charge in [-0.25, -0.2) is 4.79 Å². The van der Waals surface area contributed by atoms with Crippen LogP contribution in [0.1, 0.15) is 438 Å². The molecule has 9 nitrogen and oxygen atoms in total. The monoisotopic (exact) mass is 1420 g/mol. The van der Waals surface area contributed by atoms with E-state index >= 15 is 0 Å². The highest BCUT2D eigenvalue weighted by Crippen LogP contribution is 2.21. The summed E-state index contributed by atoms with van der Waals surface area (Å²) >= 11 is 0. The molecule has 1 N–H and O–H groups in total. The Morgan fingerprint density at radius 1 is 0.307 bits per heavy atom. The van der Waals surface area contributed by atoms with Gasteiger partial charge in [-0.05, 0) is 64.2 Å². The average molecular weight is 1420 g/mol. The lowest BCUT2D eigenvalue weighted by atomic mass is 10.0. The maximum absolute atomic E-state index is 13.0. The minimum absolute atomic E-state index is 0.177. The Morgan fingerprint density at radius 2 is 0.564 bits per heavy atom. The molecular weight excluding hydrogens is 1250 g/mol. The Bertz CT molecular complexity index is 1900. The van der Waals surface area contributed by atoms with Crippen molar-refractivity contribution in [3.63, 3.8) is 0 Å². The van der Waals surface area contributed by atoms with E-state index in [1.165, 1.54) is 334 Å². The zero-order chi connectivity index (χ0) is 73.2. The SMILES string of the molecule is CC/C=C\C/C=C\C/C=C\C/C=C\C/C=C\C/C=C\CCCCCCCCCCCCCCCCCCCCC(=O)OC(COC(=O)CCCCCCCCCCCCCCCCCCCCCCCCCCCCCCCCCCCCCCCCC)COC(OCC[N+](C)(C)C)C(=O)O. The predicted molar refractivity (Wildman–Crippen MR) is 438 cm³/mol. The molecule has 101 heavy (non-hydrogen) atoms. The molecule has 0 fully saturated rings. The second kappa shape index (κ2) is 82.4. The summed E-state index contributed by atoms with van der Waals surface area (Å²) in [5.74, 6) is -1.97. The van der Waals surface area contributed by atoms with Gasteiger partial charge < -0.3 is 28.5 Å². The molecule has 0 aromatic rings. The first kappa shape index (κ1) is 97.7. The number of unbranched alkanes of at least 4 members (excludes halogenated alkanes) is 56. The summed E-state index contributed by atoms with van der Waals surface area (Å²) in [6.07, 6.45) is 110. The number of esters is 2. The van der Waals surface area contributed by atoms with E-state index in [0.29, 0.717) is 17.4 Å². The summed E-state index contributed by atoms with van der Waals surface area (Å²) in [7, 11) is 6.00. The van der Waals surface area contributed by atoms with Gasteiger partial charge >= 0.3 is 17.9 Å². The van der Waals surface area contributed by atoms with Crippen LogP contribution in [-0.4, -0.2) is 87.4 Å². The van der Waals surface area contributed by atoms with Gasteiger partial charge in [0.25, 0.3) is 6.29 Å². The topological polar surface area (TPSA) is 108 Å². The number of hydrogen-bond donors (Lipinski definition) is 1. The van der Waals surface area contributed by atoms with Gasteiger partial charge in [0.2, 0.25) is 0 Å². The molecule has 590 valence electrons. The minimum Gasteiger partial charge on any atom is -0.477 e. The van der Waals surface area contributed by atoms with Crippen LogP contribution >= 0.6 is 0 Å². The van der Waals surface area contributed by atoms with Crippen molar-refractivity contribution in [3.05, 3.63) is 72.9 Å². The largest absolute Gasteiger partial charge is 0.477 e. The van der Waals surface area contributed by atoms with Crippen LogP contribution in [0.4, 0.5) is 0 Å². The first-order valence-electron chi connectivity index (χ1n) is 44.1. The van der Waals surface area contributed by atoms with E-state index in [0.717, 1.165) is 77.0 Å². The molecule has 0 aromatic heterocycles. The highest BCUT2D eigenvalue weighted by Gasteiger charge is 2.25. The summed E-state index contributed by atoms with van der Waals surface area (Å²) in [6.45, 7) is 4.84. The van der Waals surface area contributed by atoms with E-state index in [1.54, 1.807) is 0 Å². The second-order valence-corrected chi connectivity index (χ2v) is 31.2. The highest BCUT2D eigenvalue weighted by molar-refractivity contribution is 5.71. The summed E-state index contributed by atoms with van der Waals surface area (Å²) in [4.78, 5) is 37.8. The van der Waals surface area contributed by atoms with Gasteiger partial charge in [-0.1, -0.05) is 433 Å². The van der Waals surface area contributed by atoms with Crippen LogP contribution in [0.25, 0.3) is 0 Å². The number of carbonyl (C=O) groups excluding carboxylic acids is 2. The van der Waals surface area contributed by atoms with E-state index in [9.17, 15) is 19.5 Å². The number of nitrogens with zero attached hydrogens (tertiary/aromatic N) is 1. The van der Waals surface area contributed by atoms with Gasteiger partial charge in [0, 0.05) is 12.8 Å². The maximum Gasteiger partial charge on any atom is 0.361 e. The van der Waals surface area contributed by atoms with Crippen molar-refractivity contribution in [3.8, 4) is 0 Å². The summed E-state index contributed by atoms with van der Waals surface area (Å²) in [5.41, 5.74) is 0. The van der Waals surface area contributed by atoms with E-state index in [-0.39, 0.29) is 38.2 Å². The Hall–Kier alpha value is -3.27. The van der Waals surface area contributed by atoms with Crippen molar-refractivity contribution < 1.29 is 42.9 Å². The van der Waals surface area contributed by atoms with Crippen LogP contribution in [-0.2, 0) is 33.3 Å². The van der Waals surface area contributed by atoms with Crippen molar-refractivity contribution in [2.24, 2.45) is 0 Å². The number of quaternary nitrogens is 1. The zero-order valence-corrected chi connectivity index (χ0v) is 67.8. The number of rotatable bonds is 83. The summed E-state index contributed by atoms with van der Waals surface area (Å²) in [5, 5.41) is 9.79. The van der Waals surface area contributed by atoms with Crippen LogP contribution in [0.2, 0.25) is 0 Å². The van der Waals surface area contributed by atoms with E-state index in [2.05, 4.69) is 86.8 Å². The first-order chi connectivity index (χ1) is 49.6. The van der Waals surface area contributed by atoms with Crippen LogP contribution < -0.4 is 0 Å². The van der Waals surface area contributed by atoms with Gasteiger partial charge in [-0.15, -0.1) is 0 Å². The predicted octanol–water partition coefficient (Wildman–Crippen LogP) is 28.7. The fourth-order valence-electron chi connectivity index (χ4n) is 13.3. The van der Waals surface area contributed by atoms with Gasteiger partial charge in [0.05, 0.1) is 34.4 Å². The Morgan fingerprint density at radius 3 is 0.842 bits per heavy atom. The van der Waals surface area contributed by atoms with Crippen LogP contribution in [0.3, 0.4) is 0 Å². The maximum atomic E-state index is 13.0. The van der Waals surface area contributed by atoms with Crippen molar-refractivity contribution in [1.82, 2.24) is 0 Å². The van der Waals surface area contributed by atoms with Crippen molar-refractivity contribution >= 4 is 17.9 Å². The number of hydrogen-bond acceptors (Lipinski definition) is 7. The number of allylic oxidation sites excluding steroid dienone is 12. The Balaban J connectivity index is 3.92. The molecule has 0 radical (unpaired) electrons. The minimum atomic E-state index is -1.51. The fourth-order valence-corrected chi connectivity index (χ4v) is 13.3. The number of likely N-dealkylation sites (N-methyl/N-ethyl adjacent to an activating group) is 1. The number of carboxylic acids is 1. The lowest BCUT2D eigenvalue weighted by Crippen LogP contribution is -2.40. The Labute approximate surface area is 628 Å². The fraction of sp³-hybridized carbons (Fsp3) is 0.837. The number of aliphatic carboxylic acids is 1. The third-order valence-electron chi connectivity index (χ3n) is 20.0. The normalized spacial score (nSPS) is 12.9. The van der Waals surface area contributed by atoms with Gasteiger partial charge in [0.15, 0.2) is 6.10 Å². The molecule has 0 aromatic carbocycles. The van der Waals surface area contributed by atoms with E-state index in [4.69, 9.17) is 18.9 Å². The highest BCUT2D eigenvalue weighted by atomic mass is 16.7. The lowest BCUT2D eigenvalue weighted by molar-refractivity contribution is -0.870. The van der Waals surface area contributed by atoms with Gasteiger partial charge in [-0.2, -0.15) is 0 Å². The average Bonchev–Trinajstić information content (AvgIpc) is 1.25. The van der Waals surface area contributed by atoms with Crippen LogP contribution in [0.15, 0.2) is 72.9 Å². The first-order valence-corrected chi connectivity index (χ1v) is 44.1. The zero-order valence-electron chi connectivity index (χ0n) is 67.8. The number of carbonyl (C=O) groups is 3. The summed E-state index contributed by atoms with van der Waals surface area (Å²) in [6, 6.07) is 0. The quantitative estimate of drug-likeness (QED) is 0.0211. The molecule has 0 aliphatic heterocycles. The van der Waals surface area contributed by atoms with Gasteiger partial charge in [-0.3, -0.25) is 9.59 Å². The van der Waals surface area contributed by atoms with Crippen LogP contribution in [0, 0.1) is 0 Å². The molecule has 0 aliphatic carbocycles. The molecule has 0 aliphatic rings. The molecule has 0 bridgehead atoms. The second-order valence-electron chi connectivity index (χ2n) is 31.2. The van der Waals surface area contributed by atoms with Crippen molar-refractivity contribution in [1.29, 1.82) is 0 Å². The molecule has 9 heteroatoms. The molecule has 2 atom stereocenters. The van der Waals surface area contributed by atoms with Crippen LogP contribution in [0.5, 0.6) is 0 Å². The third-order valence-corrected chi connectivity index (χ3v) is 20.0. The summed E-state index contributed by atoms with van der Waals surface area (Å²) < 4.78 is 23.1. The lowest BCUT2D eigenvalue weighted by Gasteiger charge is -2.25. The van der Waals surface area contributed by atoms with Gasteiger partial charge in [0.1, 0.15) is 13.2 Å². The molecule has 0 saturated carbocycles. The number of ether oxygens (including phenoxy) is 4. The van der Waals surface area contributed by atoms with E-state index < -0.39 is 18.4 Å². The molecule has 0 amide bonds. The smallest absolute Gasteiger partial charge is 0.361 e. The standard InChI is InChI=1S/C92H169NO8/c1-6-8-10-12-14-16-18-20-22-24-26-28-30-32-34-36-38-40-42-44-45-47-48-50-52-54-56-58-60-62-64-66-68-70-72-74-76-78-80-82-89(94)99-86-88(87-100-92(91(96)97)98-85-84-93(3,4)5)101-90(95)83-81-79-77-75-73-71-69-67-65-63-61-59-57-55-53-51-49-46-43-41-39-37-35-33-31-29-27-25-23-21-19-17-15-13-11-9-7-2/h9,11,15,17,21,23,27,29,33,35,39,41,88,92H,6-8,10,12-14,16,18-20,22,24-26,28,30-32,34,36-38,40,42-87H2,1-5H3/p+1/b11-9-,17-15-,23-21-,29-27-,35-33-,41-39-. The molecular formula is C92H170NO8+. The van der Waals surface area contributed by atoms with Crippen molar-refractivity contribution in [2.75, 3.05) is 47.5 Å². The van der Waals surface area contributed by atoms with E-state index in [1.807, 2.05) is 21.1 Å². The molecule has 0 spiro atoms. The number of carboxylic acid groups (broad SMARTS) is 1. The van der Waals surface area contributed by atoms with Crippen molar-refractivity contribution in [2.45, 2.75) is 450 Å². The molecule has 0 rings (SSSR count). The molecule has 0 heterocycles. The molecule has 2 unspecified atom stereocenters. The third kappa shape index (κ3) is 83.9. The Kier molecular flexibility index (Phi) is 79.7.